The first-order valence-corrected chi connectivity index (χ1v) is 8.86. The number of benzene rings is 2. The minimum atomic E-state index is 0.441. The molecular formula is C21H27N3O2. The molecule has 2 aromatic carbocycles. The van der Waals surface area contributed by atoms with Crippen LogP contribution in [0.2, 0.25) is 0 Å². The van der Waals surface area contributed by atoms with Gasteiger partial charge in [-0.3, -0.25) is 4.99 Å². The highest BCUT2D eigenvalue weighted by Gasteiger charge is 2.39. The summed E-state index contributed by atoms with van der Waals surface area (Å²) in [6.07, 6.45) is 1.14. The van der Waals surface area contributed by atoms with Crippen molar-refractivity contribution in [1.29, 1.82) is 0 Å². The highest BCUT2D eigenvalue weighted by molar-refractivity contribution is 5.80. The van der Waals surface area contributed by atoms with Gasteiger partial charge in [0.15, 0.2) is 5.96 Å². The first-order valence-electron chi connectivity index (χ1n) is 8.86. The highest BCUT2D eigenvalue weighted by atomic mass is 16.5. The van der Waals surface area contributed by atoms with E-state index in [0.717, 1.165) is 29.4 Å². The van der Waals surface area contributed by atoms with Crippen molar-refractivity contribution in [3.05, 3.63) is 59.7 Å². The van der Waals surface area contributed by atoms with Crippen molar-refractivity contribution >= 4 is 5.96 Å². The molecule has 0 radical (unpaired) electrons. The van der Waals surface area contributed by atoms with E-state index in [2.05, 4.69) is 45.5 Å². The molecule has 2 atom stereocenters. The average molecular weight is 353 g/mol. The minimum Gasteiger partial charge on any atom is -0.497 e. The molecule has 5 nitrogen and oxygen atoms in total. The summed E-state index contributed by atoms with van der Waals surface area (Å²) >= 11 is 0. The summed E-state index contributed by atoms with van der Waals surface area (Å²) in [6, 6.07) is 17.0. The maximum absolute atomic E-state index is 5.50. The van der Waals surface area contributed by atoms with Crippen LogP contribution in [-0.4, -0.2) is 45.2 Å². The van der Waals surface area contributed by atoms with Crippen LogP contribution in [0.25, 0.3) is 0 Å². The summed E-state index contributed by atoms with van der Waals surface area (Å²) in [6.45, 7) is 0.704. The molecule has 0 bridgehead atoms. The summed E-state index contributed by atoms with van der Waals surface area (Å²) in [5.74, 6) is 3.07. The molecule has 1 aliphatic carbocycles. The lowest BCUT2D eigenvalue weighted by Crippen LogP contribution is -2.40. The third kappa shape index (κ3) is 4.10. The van der Waals surface area contributed by atoms with Crippen LogP contribution in [0.3, 0.4) is 0 Å². The predicted molar refractivity (Wildman–Crippen MR) is 105 cm³/mol. The van der Waals surface area contributed by atoms with Gasteiger partial charge in [0.25, 0.3) is 0 Å². The second-order valence-corrected chi connectivity index (χ2v) is 6.58. The third-order valence-electron chi connectivity index (χ3n) is 4.81. The zero-order chi connectivity index (χ0) is 18.5. The summed E-state index contributed by atoms with van der Waals surface area (Å²) in [5.41, 5.74) is 2.48. The molecule has 0 saturated heterocycles. The Bertz CT molecular complexity index is 761. The molecule has 0 aliphatic heterocycles. The smallest absolute Gasteiger partial charge is 0.193 e. The molecule has 1 fully saturated rings. The van der Waals surface area contributed by atoms with Crippen molar-refractivity contribution in [2.24, 2.45) is 4.99 Å². The van der Waals surface area contributed by atoms with Crippen LogP contribution in [0.1, 0.15) is 23.5 Å². The molecule has 1 aliphatic rings. The molecule has 0 aromatic heterocycles. The molecule has 0 spiro atoms. The first kappa shape index (κ1) is 18.1. The zero-order valence-corrected chi connectivity index (χ0v) is 15.9. The number of nitrogens with one attached hydrogen (secondary N) is 1. The van der Waals surface area contributed by atoms with E-state index in [1.165, 1.54) is 5.56 Å². The van der Waals surface area contributed by atoms with Crippen molar-refractivity contribution in [2.45, 2.75) is 24.9 Å². The van der Waals surface area contributed by atoms with E-state index in [9.17, 15) is 0 Å². The number of guanidine groups is 1. The molecule has 0 heterocycles. The van der Waals surface area contributed by atoms with Crippen LogP contribution in [0.15, 0.2) is 53.5 Å². The predicted octanol–water partition coefficient (Wildman–Crippen LogP) is 3.27. The van der Waals surface area contributed by atoms with Crippen LogP contribution in [0.4, 0.5) is 0 Å². The van der Waals surface area contributed by atoms with Crippen molar-refractivity contribution in [1.82, 2.24) is 10.2 Å². The van der Waals surface area contributed by atoms with E-state index in [0.29, 0.717) is 18.5 Å². The Hall–Kier alpha value is -2.69. The van der Waals surface area contributed by atoms with E-state index < -0.39 is 0 Å². The summed E-state index contributed by atoms with van der Waals surface area (Å²) in [7, 11) is 7.20. The number of hydrogen-bond acceptors (Lipinski definition) is 3. The largest absolute Gasteiger partial charge is 0.497 e. The standard InChI is InChI=1S/C21H27N3O2/c1-22-21(23-19-13-18(19)15-8-6-5-7-9-15)24(2)14-16-10-11-17(25-3)12-20(16)26-4/h5-12,18-19H,13-14H2,1-4H3,(H,22,23). The molecule has 1 N–H and O–H groups in total. The first-order chi connectivity index (χ1) is 12.7. The lowest BCUT2D eigenvalue weighted by molar-refractivity contribution is 0.382. The van der Waals surface area contributed by atoms with Crippen molar-refractivity contribution in [3.8, 4) is 11.5 Å². The summed E-state index contributed by atoms with van der Waals surface area (Å²) in [5, 5.41) is 3.58. The summed E-state index contributed by atoms with van der Waals surface area (Å²) < 4.78 is 10.8. The van der Waals surface area contributed by atoms with Crippen LogP contribution in [-0.2, 0) is 6.54 Å². The Morgan fingerprint density at radius 1 is 1.15 bits per heavy atom. The topological polar surface area (TPSA) is 46.1 Å². The van der Waals surface area contributed by atoms with Crippen LogP contribution in [0, 0.1) is 0 Å². The number of hydrogen-bond donors (Lipinski definition) is 1. The van der Waals surface area contributed by atoms with Gasteiger partial charge in [0.05, 0.1) is 14.2 Å². The molecule has 0 amide bonds. The second kappa shape index (κ2) is 8.13. The average Bonchev–Trinajstić information content (AvgIpc) is 3.46. The van der Waals surface area contributed by atoms with Gasteiger partial charge in [0.2, 0.25) is 0 Å². The Morgan fingerprint density at radius 2 is 1.92 bits per heavy atom. The molecule has 138 valence electrons. The quantitative estimate of drug-likeness (QED) is 0.640. The van der Waals surface area contributed by atoms with Gasteiger partial charge in [0.1, 0.15) is 11.5 Å². The highest BCUT2D eigenvalue weighted by Crippen LogP contribution is 2.40. The number of aliphatic imine (C=N–C) groups is 1. The normalized spacial score (nSPS) is 19.0. The molecule has 26 heavy (non-hydrogen) atoms. The van der Waals surface area contributed by atoms with Gasteiger partial charge in [-0.05, 0) is 24.1 Å². The monoisotopic (exact) mass is 353 g/mol. The molecule has 3 rings (SSSR count). The molecular weight excluding hydrogens is 326 g/mol. The van der Waals surface area contributed by atoms with Crippen LogP contribution < -0.4 is 14.8 Å². The van der Waals surface area contributed by atoms with E-state index in [1.807, 2.05) is 32.3 Å². The van der Waals surface area contributed by atoms with E-state index in [4.69, 9.17) is 9.47 Å². The molecule has 2 unspecified atom stereocenters. The maximum Gasteiger partial charge on any atom is 0.193 e. The van der Waals surface area contributed by atoms with Gasteiger partial charge in [-0.15, -0.1) is 0 Å². The fraction of sp³-hybridized carbons (Fsp3) is 0.381. The van der Waals surface area contributed by atoms with Crippen LogP contribution in [0.5, 0.6) is 11.5 Å². The third-order valence-corrected chi connectivity index (χ3v) is 4.81. The molecule has 2 aromatic rings. The van der Waals surface area contributed by atoms with Gasteiger partial charge in [0, 0.05) is 44.2 Å². The van der Waals surface area contributed by atoms with Gasteiger partial charge in [-0.2, -0.15) is 0 Å². The van der Waals surface area contributed by atoms with E-state index in [-0.39, 0.29) is 0 Å². The van der Waals surface area contributed by atoms with E-state index >= 15 is 0 Å². The van der Waals surface area contributed by atoms with Crippen LogP contribution >= 0.6 is 0 Å². The zero-order valence-electron chi connectivity index (χ0n) is 15.9. The summed E-state index contributed by atoms with van der Waals surface area (Å²) in [4.78, 5) is 6.56. The Balaban J connectivity index is 1.63. The Kier molecular flexibility index (Phi) is 5.66. The lowest BCUT2D eigenvalue weighted by Gasteiger charge is -2.23. The van der Waals surface area contributed by atoms with Gasteiger partial charge >= 0.3 is 0 Å². The fourth-order valence-electron chi connectivity index (χ4n) is 3.25. The minimum absolute atomic E-state index is 0.441. The van der Waals surface area contributed by atoms with Gasteiger partial charge < -0.3 is 19.7 Å². The second-order valence-electron chi connectivity index (χ2n) is 6.58. The van der Waals surface area contributed by atoms with E-state index in [1.54, 1.807) is 14.2 Å². The van der Waals surface area contributed by atoms with Gasteiger partial charge in [-0.1, -0.05) is 30.3 Å². The Labute approximate surface area is 155 Å². The van der Waals surface area contributed by atoms with Crippen molar-refractivity contribution in [2.75, 3.05) is 28.3 Å². The number of nitrogens with zero attached hydrogens (tertiary/aromatic N) is 2. The van der Waals surface area contributed by atoms with Crippen molar-refractivity contribution < 1.29 is 9.47 Å². The number of methoxy groups -OCH3 is 2. The Morgan fingerprint density at radius 3 is 2.58 bits per heavy atom. The maximum atomic E-state index is 5.50. The fourth-order valence-corrected chi connectivity index (χ4v) is 3.25. The number of rotatable bonds is 6. The van der Waals surface area contributed by atoms with Gasteiger partial charge in [-0.25, -0.2) is 0 Å². The molecule has 1 saturated carbocycles. The van der Waals surface area contributed by atoms with Crippen molar-refractivity contribution in [3.63, 3.8) is 0 Å². The SMILES string of the molecule is CN=C(NC1CC1c1ccccc1)N(C)Cc1ccc(OC)cc1OC. The number of ether oxygens (including phenoxy) is 2. The molecule has 5 heteroatoms. The lowest BCUT2D eigenvalue weighted by atomic mass is 10.1.